The van der Waals surface area contributed by atoms with Gasteiger partial charge in [-0.15, -0.1) is 0 Å². The zero-order valence-electron chi connectivity index (χ0n) is 16.6. The molecular weight excluding hydrogens is 383 g/mol. The summed E-state index contributed by atoms with van der Waals surface area (Å²) >= 11 is 0. The van der Waals surface area contributed by atoms with E-state index in [1.54, 1.807) is 25.3 Å². The van der Waals surface area contributed by atoms with Crippen LogP contribution in [-0.4, -0.2) is 32.4 Å². The van der Waals surface area contributed by atoms with Crippen LogP contribution in [-0.2, 0) is 24.4 Å². The number of aliphatic imine (C=N–C) groups is 1. The molecule has 2 aromatic rings. The number of nitrogens with one attached hydrogen (secondary N) is 2. The second-order valence-corrected chi connectivity index (χ2v) is 6.33. The number of rotatable bonds is 9. The Bertz CT molecular complexity index is 795. The van der Waals surface area contributed by atoms with E-state index in [0.717, 1.165) is 16.9 Å². The fourth-order valence-electron chi connectivity index (χ4n) is 2.58. The minimum atomic E-state index is -4.32. The second kappa shape index (κ2) is 11.3. The largest absolute Gasteiger partial charge is 0.497 e. The number of hydrogen-bond acceptors (Lipinski definition) is 3. The Morgan fingerprint density at radius 2 is 1.72 bits per heavy atom. The molecule has 0 spiro atoms. The lowest BCUT2D eigenvalue weighted by Crippen LogP contribution is -2.36. The Kier molecular flexibility index (Phi) is 8.79. The summed E-state index contributed by atoms with van der Waals surface area (Å²) in [5, 5.41) is 6.43. The molecule has 158 valence electrons. The third-order valence-corrected chi connectivity index (χ3v) is 3.88. The zero-order valence-corrected chi connectivity index (χ0v) is 16.6. The number of alkyl halides is 3. The smallest absolute Gasteiger partial charge is 0.411 e. The summed E-state index contributed by atoms with van der Waals surface area (Å²) < 4.78 is 46.5. The van der Waals surface area contributed by atoms with Gasteiger partial charge in [0.15, 0.2) is 5.96 Å². The van der Waals surface area contributed by atoms with Gasteiger partial charge in [0, 0.05) is 13.1 Å². The van der Waals surface area contributed by atoms with Crippen LogP contribution in [0.25, 0.3) is 0 Å². The highest BCUT2D eigenvalue weighted by Gasteiger charge is 2.27. The molecule has 0 saturated carbocycles. The predicted octanol–water partition coefficient (Wildman–Crippen LogP) is 4.03. The molecule has 0 radical (unpaired) electrons. The predicted molar refractivity (Wildman–Crippen MR) is 107 cm³/mol. The highest BCUT2D eigenvalue weighted by molar-refractivity contribution is 5.79. The number of methoxy groups -OCH3 is 1. The number of nitrogens with zero attached hydrogens (tertiary/aromatic N) is 1. The lowest BCUT2D eigenvalue weighted by Gasteiger charge is -2.12. The summed E-state index contributed by atoms with van der Waals surface area (Å²) in [6, 6.07) is 14.9. The van der Waals surface area contributed by atoms with Crippen molar-refractivity contribution < 1.29 is 22.6 Å². The SMILES string of the molecule is CCNC(=NCc1cccc(COCC(F)(F)F)c1)NCc1cccc(OC)c1. The minimum Gasteiger partial charge on any atom is -0.497 e. The molecule has 2 aromatic carbocycles. The first-order valence-corrected chi connectivity index (χ1v) is 9.27. The summed E-state index contributed by atoms with van der Waals surface area (Å²) in [4.78, 5) is 4.54. The standard InChI is InChI=1S/C21H26F3N3O2/c1-3-25-20(27-13-17-7-5-9-19(11-17)28-2)26-12-16-6-4-8-18(10-16)14-29-15-21(22,23)24/h4-11H,3,12-15H2,1-2H3,(H2,25,26,27). The van der Waals surface area contributed by atoms with E-state index in [9.17, 15) is 13.2 Å². The number of hydrogen-bond donors (Lipinski definition) is 2. The van der Waals surface area contributed by atoms with Crippen molar-refractivity contribution in [1.29, 1.82) is 0 Å². The van der Waals surface area contributed by atoms with E-state index in [4.69, 9.17) is 9.47 Å². The van der Waals surface area contributed by atoms with Crippen molar-refractivity contribution in [2.24, 2.45) is 4.99 Å². The average molecular weight is 409 g/mol. The average Bonchev–Trinajstić information content (AvgIpc) is 2.69. The molecule has 29 heavy (non-hydrogen) atoms. The van der Waals surface area contributed by atoms with Crippen LogP contribution in [0.3, 0.4) is 0 Å². The van der Waals surface area contributed by atoms with Crippen LogP contribution in [0.1, 0.15) is 23.6 Å². The summed E-state index contributed by atoms with van der Waals surface area (Å²) in [7, 11) is 1.63. The summed E-state index contributed by atoms with van der Waals surface area (Å²) in [6.45, 7) is 2.30. The fraction of sp³-hybridized carbons (Fsp3) is 0.381. The topological polar surface area (TPSA) is 54.9 Å². The van der Waals surface area contributed by atoms with Gasteiger partial charge in [-0.2, -0.15) is 13.2 Å². The number of ether oxygens (including phenoxy) is 2. The summed E-state index contributed by atoms with van der Waals surface area (Å²) in [6.07, 6.45) is -4.32. The van der Waals surface area contributed by atoms with Crippen LogP contribution < -0.4 is 15.4 Å². The molecule has 2 N–H and O–H groups in total. The quantitative estimate of drug-likeness (QED) is 0.485. The van der Waals surface area contributed by atoms with Crippen LogP contribution in [0.15, 0.2) is 53.5 Å². The Morgan fingerprint density at radius 3 is 2.45 bits per heavy atom. The van der Waals surface area contributed by atoms with Gasteiger partial charge in [-0.25, -0.2) is 4.99 Å². The Balaban J connectivity index is 1.94. The van der Waals surface area contributed by atoms with Gasteiger partial charge in [-0.3, -0.25) is 0 Å². The van der Waals surface area contributed by atoms with Crippen LogP contribution in [0.5, 0.6) is 5.75 Å². The molecule has 0 aromatic heterocycles. The Labute approximate surface area is 168 Å². The van der Waals surface area contributed by atoms with Crippen molar-refractivity contribution in [3.8, 4) is 5.75 Å². The first kappa shape index (κ1) is 22.5. The van der Waals surface area contributed by atoms with Gasteiger partial charge in [-0.05, 0) is 35.7 Å². The second-order valence-electron chi connectivity index (χ2n) is 6.33. The maximum Gasteiger partial charge on any atom is 0.411 e. The molecule has 0 amide bonds. The highest BCUT2D eigenvalue weighted by atomic mass is 19.4. The third kappa shape index (κ3) is 8.87. The van der Waals surface area contributed by atoms with Gasteiger partial charge in [0.1, 0.15) is 12.4 Å². The molecule has 0 aliphatic rings. The molecule has 0 atom stereocenters. The van der Waals surface area contributed by atoms with Gasteiger partial charge >= 0.3 is 6.18 Å². The zero-order chi connectivity index (χ0) is 21.1. The molecule has 0 aliphatic carbocycles. The van der Waals surface area contributed by atoms with Gasteiger partial charge in [0.05, 0.1) is 20.3 Å². The van der Waals surface area contributed by atoms with Crippen molar-refractivity contribution >= 4 is 5.96 Å². The van der Waals surface area contributed by atoms with E-state index in [-0.39, 0.29) is 6.61 Å². The molecule has 0 saturated heterocycles. The van der Waals surface area contributed by atoms with Crippen LogP contribution in [0.2, 0.25) is 0 Å². The van der Waals surface area contributed by atoms with Gasteiger partial charge < -0.3 is 20.1 Å². The van der Waals surface area contributed by atoms with Gasteiger partial charge in [0.25, 0.3) is 0 Å². The number of guanidine groups is 1. The van der Waals surface area contributed by atoms with E-state index in [2.05, 4.69) is 15.6 Å². The molecule has 8 heteroatoms. The fourth-order valence-corrected chi connectivity index (χ4v) is 2.58. The molecule has 2 rings (SSSR count). The maximum atomic E-state index is 12.2. The lowest BCUT2D eigenvalue weighted by molar-refractivity contribution is -0.176. The Hall–Kier alpha value is -2.74. The van der Waals surface area contributed by atoms with E-state index >= 15 is 0 Å². The summed E-state index contributed by atoms with van der Waals surface area (Å²) in [5.41, 5.74) is 2.62. The first-order valence-electron chi connectivity index (χ1n) is 9.27. The van der Waals surface area contributed by atoms with Gasteiger partial charge in [0.2, 0.25) is 0 Å². The molecule has 0 bridgehead atoms. The Morgan fingerprint density at radius 1 is 1.00 bits per heavy atom. The van der Waals surface area contributed by atoms with Crippen molar-refractivity contribution in [3.63, 3.8) is 0 Å². The van der Waals surface area contributed by atoms with Crippen LogP contribution >= 0.6 is 0 Å². The van der Waals surface area contributed by atoms with Crippen LogP contribution in [0, 0.1) is 0 Å². The normalized spacial score (nSPS) is 12.0. The molecule has 0 heterocycles. The monoisotopic (exact) mass is 409 g/mol. The van der Waals surface area contributed by atoms with Crippen molar-refractivity contribution in [2.75, 3.05) is 20.3 Å². The van der Waals surface area contributed by atoms with Crippen molar-refractivity contribution in [2.45, 2.75) is 32.8 Å². The minimum absolute atomic E-state index is 0.0920. The van der Waals surface area contributed by atoms with Crippen molar-refractivity contribution in [3.05, 3.63) is 65.2 Å². The number of benzene rings is 2. The molecule has 0 fully saturated rings. The lowest BCUT2D eigenvalue weighted by atomic mass is 10.1. The number of halogens is 3. The molecule has 0 aliphatic heterocycles. The van der Waals surface area contributed by atoms with E-state index in [1.165, 1.54) is 0 Å². The van der Waals surface area contributed by atoms with E-state index in [0.29, 0.717) is 31.2 Å². The molecule has 5 nitrogen and oxygen atoms in total. The van der Waals surface area contributed by atoms with E-state index in [1.807, 2.05) is 37.3 Å². The van der Waals surface area contributed by atoms with E-state index < -0.39 is 12.8 Å². The summed E-state index contributed by atoms with van der Waals surface area (Å²) in [5.74, 6) is 1.44. The highest BCUT2D eigenvalue weighted by Crippen LogP contribution is 2.16. The van der Waals surface area contributed by atoms with Crippen LogP contribution in [0.4, 0.5) is 13.2 Å². The maximum absolute atomic E-state index is 12.2. The molecule has 0 unspecified atom stereocenters. The van der Waals surface area contributed by atoms with Gasteiger partial charge in [-0.1, -0.05) is 36.4 Å². The third-order valence-electron chi connectivity index (χ3n) is 3.88. The van der Waals surface area contributed by atoms with Crippen molar-refractivity contribution in [1.82, 2.24) is 10.6 Å². The molecular formula is C21H26F3N3O2. The first-order chi connectivity index (χ1) is 13.9.